The summed E-state index contributed by atoms with van der Waals surface area (Å²) in [5.74, 6) is 0.402. The van der Waals surface area contributed by atoms with Gasteiger partial charge in [0.2, 0.25) is 5.91 Å². The Hall–Kier alpha value is -2.41. The van der Waals surface area contributed by atoms with Gasteiger partial charge < -0.3 is 9.64 Å². The van der Waals surface area contributed by atoms with Gasteiger partial charge >= 0.3 is 0 Å². The van der Waals surface area contributed by atoms with Crippen molar-refractivity contribution in [2.24, 2.45) is 0 Å². The molecule has 0 bridgehead atoms. The zero-order valence-electron chi connectivity index (χ0n) is 13.8. The number of rotatable bonds is 3. The zero-order valence-corrected chi connectivity index (χ0v) is 14.6. The number of hydrogen-bond donors (Lipinski definition) is 1. The van der Waals surface area contributed by atoms with Crippen LogP contribution in [-0.4, -0.2) is 29.4 Å². The third kappa shape index (κ3) is 3.26. The summed E-state index contributed by atoms with van der Waals surface area (Å²) in [6, 6.07) is 7.21. The molecular weight excluding hydrogens is 326 g/mol. The lowest BCUT2D eigenvalue weighted by molar-refractivity contribution is -0.123. The second-order valence-corrected chi connectivity index (χ2v) is 6.78. The monoisotopic (exact) mass is 345 g/mol. The Morgan fingerprint density at radius 1 is 1.38 bits per heavy atom. The minimum absolute atomic E-state index is 0.125. The largest absolute Gasteiger partial charge is 0.476 e. The van der Waals surface area contributed by atoms with Gasteiger partial charge in [0.1, 0.15) is 5.75 Å². The fourth-order valence-electron chi connectivity index (χ4n) is 2.46. The highest BCUT2D eigenvalue weighted by Crippen LogP contribution is 2.33. The molecule has 0 saturated carbocycles. The molecule has 2 heterocycles. The summed E-state index contributed by atoms with van der Waals surface area (Å²) in [6.07, 6.45) is -0.768. The van der Waals surface area contributed by atoms with Crippen molar-refractivity contribution in [2.45, 2.75) is 32.8 Å². The van der Waals surface area contributed by atoms with Crippen LogP contribution in [0.5, 0.6) is 5.75 Å². The molecule has 1 unspecified atom stereocenters. The molecule has 0 saturated heterocycles. The molecular formula is C17H19N3O3S. The molecule has 6 nitrogen and oxygen atoms in total. The lowest BCUT2D eigenvalue weighted by Gasteiger charge is -2.33. The summed E-state index contributed by atoms with van der Waals surface area (Å²) in [5, 5.41) is 5.25. The third-order valence-corrected chi connectivity index (χ3v) is 4.57. The lowest BCUT2D eigenvalue weighted by Crippen LogP contribution is -2.48. The Morgan fingerprint density at radius 3 is 2.79 bits per heavy atom. The van der Waals surface area contributed by atoms with E-state index in [1.54, 1.807) is 17.0 Å². The molecule has 1 aliphatic rings. The van der Waals surface area contributed by atoms with Gasteiger partial charge in [-0.1, -0.05) is 26.0 Å². The highest BCUT2D eigenvalue weighted by molar-refractivity contribution is 7.13. The van der Waals surface area contributed by atoms with Crippen molar-refractivity contribution in [3.05, 3.63) is 35.3 Å². The Bertz CT molecular complexity index is 772. The van der Waals surface area contributed by atoms with Gasteiger partial charge in [0.15, 0.2) is 11.2 Å². The Morgan fingerprint density at radius 2 is 2.12 bits per heavy atom. The van der Waals surface area contributed by atoms with E-state index in [1.165, 1.54) is 18.3 Å². The smallest absolute Gasteiger partial charge is 0.269 e. The maximum Gasteiger partial charge on any atom is 0.269 e. The van der Waals surface area contributed by atoms with Crippen molar-refractivity contribution in [2.75, 3.05) is 16.8 Å². The average Bonchev–Trinajstić information content (AvgIpc) is 3.02. The van der Waals surface area contributed by atoms with Crippen LogP contribution in [0.25, 0.3) is 0 Å². The highest BCUT2D eigenvalue weighted by atomic mass is 32.1. The summed E-state index contributed by atoms with van der Waals surface area (Å²) >= 11 is 1.38. The van der Waals surface area contributed by atoms with E-state index >= 15 is 0 Å². The maximum absolute atomic E-state index is 12.5. The van der Waals surface area contributed by atoms with Crippen LogP contribution in [0.2, 0.25) is 0 Å². The van der Waals surface area contributed by atoms with Crippen molar-refractivity contribution in [3.63, 3.8) is 0 Å². The molecule has 1 N–H and O–H groups in total. The van der Waals surface area contributed by atoms with Crippen LogP contribution in [-0.2, 0) is 9.59 Å². The molecule has 24 heavy (non-hydrogen) atoms. The third-order valence-electron chi connectivity index (χ3n) is 3.79. The number of nitrogens with one attached hydrogen (secondary N) is 1. The summed E-state index contributed by atoms with van der Waals surface area (Å²) in [7, 11) is 0. The van der Waals surface area contributed by atoms with Gasteiger partial charge in [0.25, 0.3) is 5.91 Å². The summed E-state index contributed by atoms with van der Waals surface area (Å²) < 4.78 is 5.77. The summed E-state index contributed by atoms with van der Waals surface area (Å²) in [6.45, 7) is 5.76. The quantitative estimate of drug-likeness (QED) is 0.928. The van der Waals surface area contributed by atoms with Crippen LogP contribution >= 0.6 is 11.3 Å². The Kier molecular flexibility index (Phi) is 4.53. The SMILES string of the molecule is CC(=O)N1CC(C(=O)Nc2nc(C(C)C)cs2)Oc2ccccc21. The second kappa shape index (κ2) is 6.60. The van der Waals surface area contributed by atoms with E-state index in [4.69, 9.17) is 4.74 Å². The number of fused-ring (bicyclic) bond motifs is 1. The van der Waals surface area contributed by atoms with E-state index in [-0.39, 0.29) is 18.4 Å². The number of nitrogens with zero attached hydrogens (tertiary/aromatic N) is 2. The molecule has 1 aromatic heterocycles. The Labute approximate surface area is 144 Å². The minimum Gasteiger partial charge on any atom is -0.476 e. The first-order chi connectivity index (χ1) is 11.5. The average molecular weight is 345 g/mol. The molecule has 3 rings (SSSR count). The van der Waals surface area contributed by atoms with Gasteiger partial charge in [-0.3, -0.25) is 14.9 Å². The molecule has 7 heteroatoms. The normalized spacial score (nSPS) is 16.5. The molecule has 0 radical (unpaired) electrons. The second-order valence-electron chi connectivity index (χ2n) is 5.93. The van der Waals surface area contributed by atoms with Crippen molar-refractivity contribution >= 4 is 34.0 Å². The summed E-state index contributed by atoms with van der Waals surface area (Å²) in [4.78, 5) is 30.4. The number of hydrogen-bond acceptors (Lipinski definition) is 5. The number of aromatic nitrogens is 1. The zero-order chi connectivity index (χ0) is 17.3. The molecule has 1 aliphatic heterocycles. The highest BCUT2D eigenvalue weighted by Gasteiger charge is 2.32. The van der Waals surface area contributed by atoms with E-state index in [0.717, 1.165) is 5.69 Å². The van der Waals surface area contributed by atoms with Crippen LogP contribution in [0.3, 0.4) is 0 Å². The van der Waals surface area contributed by atoms with E-state index in [0.29, 0.717) is 22.5 Å². The van der Waals surface area contributed by atoms with Crippen molar-refractivity contribution < 1.29 is 14.3 Å². The molecule has 1 atom stereocenters. The summed E-state index contributed by atoms with van der Waals surface area (Å²) in [5.41, 5.74) is 1.63. The minimum atomic E-state index is -0.768. The number of carbonyl (C=O) groups excluding carboxylic acids is 2. The van der Waals surface area contributed by atoms with Crippen molar-refractivity contribution in [1.29, 1.82) is 0 Å². The maximum atomic E-state index is 12.5. The first kappa shape index (κ1) is 16.4. The number of anilines is 2. The van der Waals surface area contributed by atoms with E-state index in [2.05, 4.69) is 10.3 Å². The molecule has 0 spiro atoms. The van der Waals surface area contributed by atoms with Gasteiger partial charge in [0, 0.05) is 12.3 Å². The topological polar surface area (TPSA) is 71.5 Å². The molecule has 0 aliphatic carbocycles. The molecule has 1 aromatic carbocycles. The first-order valence-electron chi connectivity index (χ1n) is 7.75. The lowest BCUT2D eigenvalue weighted by atomic mass is 10.1. The van der Waals surface area contributed by atoms with Gasteiger partial charge in [-0.2, -0.15) is 0 Å². The van der Waals surface area contributed by atoms with Gasteiger partial charge in [-0.15, -0.1) is 11.3 Å². The number of benzene rings is 1. The van der Waals surface area contributed by atoms with Crippen LogP contribution in [0.4, 0.5) is 10.8 Å². The number of para-hydroxylation sites is 2. The van der Waals surface area contributed by atoms with Crippen LogP contribution in [0.15, 0.2) is 29.6 Å². The first-order valence-corrected chi connectivity index (χ1v) is 8.63. The van der Waals surface area contributed by atoms with Gasteiger partial charge in [0.05, 0.1) is 17.9 Å². The van der Waals surface area contributed by atoms with Crippen molar-refractivity contribution in [1.82, 2.24) is 4.98 Å². The van der Waals surface area contributed by atoms with Gasteiger partial charge in [-0.05, 0) is 18.1 Å². The number of ether oxygens (including phenoxy) is 1. The predicted molar refractivity (Wildman–Crippen MR) is 93.7 cm³/mol. The molecule has 126 valence electrons. The molecule has 2 aromatic rings. The molecule has 0 fully saturated rings. The standard InChI is InChI=1S/C17H19N3O3S/c1-10(2)12-9-24-17(18-12)19-16(22)15-8-20(11(3)21)13-6-4-5-7-14(13)23-15/h4-7,9-10,15H,8H2,1-3H3,(H,18,19,22). The van der Waals surface area contributed by atoms with Crippen molar-refractivity contribution in [3.8, 4) is 5.75 Å². The number of thiazole rings is 1. The Balaban J connectivity index is 1.77. The van der Waals surface area contributed by atoms with Gasteiger partial charge in [-0.25, -0.2) is 4.98 Å². The van der Waals surface area contributed by atoms with Crippen LogP contribution < -0.4 is 15.0 Å². The van der Waals surface area contributed by atoms with Crippen LogP contribution in [0, 0.1) is 0 Å². The number of carbonyl (C=O) groups is 2. The van der Waals surface area contributed by atoms with E-state index in [1.807, 2.05) is 31.4 Å². The van der Waals surface area contributed by atoms with E-state index in [9.17, 15) is 9.59 Å². The fourth-order valence-corrected chi connectivity index (χ4v) is 3.34. The predicted octanol–water partition coefficient (Wildman–Crippen LogP) is 3.02. The molecule has 2 amide bonds. The number of amides is 2. The van der Waals surface area contributed by atoms with Crippen LogP contribution in [0.1, 0.15) is 32.4 Å². The van der Waals surface area contributed by atoms with E-state index < -0.39 is 6.10 Å². The fraction of sp³-hybridized carbons (Fsp3) is 0.353.